The van der Waals surface area contributed by atoms with Gasteiger partial charge in [-0.15, -0.1) is 0 Å². The van der Waals surface area contributed by atoms with Crippen LogP contribution in [-0.4, -0.2) is 23.9 Å². The van der Waals surface area contributed by atoms with Gasteiger partial charge in [0.05, 0.1) is 6.67 Å². The van der Waals surface area contributed by atoms with E-state index in [4.69, 9.17) is 0 Å². The summed E-state index contributed by atoms with van der Waals surface area (Å²) in [5, 5.41) is 3.51. The van der Waals surface area contributed by atoms with Crippen LogP contribution >= 0.6 is 0 Å². The van der Waals surface area contributed by atoms with Gasteiger partial charge in [-0.2, -0.15) is 0 Å². The van der Waals surface area contributed by atoms with E-state index in [0.717, 1.165) is 37.4 Å². The lowest BCUT2D eigenvalue weighted by atomic mass is 9.81. The predicted octanol–water partition coefficient (Wildman–Crippen LogP) is 3.45. The van der Waals surface area contributed by atoms with E-state index >= 15 is 0 Å². The molecule has 0 bridgehead atoms. The Bertz CT molecular complexity index is 752. The number of hydrogen-bond donors (Lipinski definition) is 1. The summed E-state index contributed by atoms with van der Waals surface area (Å²) in [5.74, 6) is 0.612. The minimum Gasteiger partial charge on any atom is -0.375 e. The average molecular weight is 318 g/mol. The van der Waals surface area contributed by atoms with E-state index in [1.54, 1.807) is 0 Å². The highest BCUT2D eigenvalue weighted by Crippen LogP contribution is 2.35. The van der Waals surface area contributed by atoms with E-state index in [0.29, 0.717) is 18.1 Å². The van der Waals surface area contributed by atoms with Gasteiger partial charge in [0.25, 0.3) is 0 Å². The van der Waals surface area contributed by atoms with Crippen molar-refractivity contribution in [3.05, 3.63) is 83.1 Å². The monoisotopic (exact) mass is 318 g/mol. The number of nitrogens with one attached hydrogen (secondary N) is 1. The molecular weight excluding hydrogens is 296 g/mol. The van der Waals surface area contributed by atoms with Crippen molar-refractivity contribution in [1.29, 1.82) is 0 Å². The Morgan fingerprint density at radius 1 is 0.958 bits per heavy atom. The molecule has 0 saturated heterocycles. The first-order valence-electron chi connectivity index (χ1n) is 8.60. The lowest BCUT2D eigenvalue weighted by Gasteiger charge is -2.36. The fourth-order valence-corrected chi connectivity index (χ4v) is 3.72. The Hall–Kier alpha value is -2.39. The molecule has 3 heteroatoms. The number of benzene rings is 2. The van der Waals surface area contributed by atoms with Crippen LogP contribution in [-0.2, 0) is 11.3 Å². The molecule has 0 spiro atoms. The number of allylic oxidation sites excluding steroid dienone is 1. The fraction of sp³-hybridized carbons (Fsp3) is 0.286. The third-order valence-electron chi connectivity index (χ3n) is 5.00. The van der Waals surface area contributed by atoms with Crippen molar-refractivity contribution in [3.8, 4) is 0 Å². The van der Waals surface area contributed by atoms with Crippen molar-refractivity contribution >= 4 is 5.78 Å². The molecule has 24 heavy (non-hydrogen) atoms. The molecule has 1 unspecified atom stereocenters. The molecular formula is C21H22N2O. The number of carbonyl (C=O) groups excluding carboxylic acids is 1. The largest absolute Gasteiger partial charge is 0.375 e. The molecule has 1 aliphatic heterocycles. The van der Waals surface area contributed by atoms with Gasteiger partial charge in [0, 0.05) is 30.8 Å². The van der Waals surface area contributed by atoms with Crippen LogP contribution < -0.4 is 5.32 Å². The summed E-state index contributed by atoms with van der Waals surface area (Å²) in [7, 11) is 0. The molecule has 0 fully saturated rings. The van der Waals surface area contributed by atoms with Crippen molar-refractivity contribution in [1.82, 2.24) is 10.2 Å². The van der Waals surface area contributed by atoms with Crippen LogP contribution in [0.15, 0.2) is 71.9 Å². The molecule has 0 amide bonds. The van der Waals surface area contributed by atoms with Gasteiger partial charge in [0.15, 0.2) is 5.78 Å². The van der Waals surface area contributed by atoms with E-state index in [-0.39, 0.29) is 0 Å². The van der Waals surface area contributed by atoms with E-state index in [9.17, 15) is 4.79 Å². The number of ketones is 1. The minimum absolute atomic E-state index is 0.301. The van der Waals surface area contributed by atoms with Crippen molar-refractivity contribution in [2.24, 2.45) is 0 Å². The summed E-state index contributed by atoms with van der Waals surface area (Å²) in [6.07, 6.45) is 1.58. The van der Waals surface area contributed by atoms with Crippen molar-refractivity contribution in [2.45, 2.75) is 25.3 Å². The molecule has 4 rings (SSSR count). The van der Waals surface area contributed by atoms with Crippen molar-refractivity contribution in [2.75, 3.05) is 13.2 Å². The maximum absolute atomic E-state index is 12.7. The van der Waals surface area contributed by atoms with Crippen LogP contribution in [0.5, 0.6) is 0 Å². The molecule has 0 saturated carbocycles. The van der Waals surface area contributed by atoms with Gasteiger partial charge in [-0.3, -0.25) is 9.69 Å². The maximum Gasteiger partial charge on any atom is 0.162 e. The summed E-state index contributed by atoms with van der Waals surface area (Å²) in [5.41, 5.74) is 4.70. The van der Waals surface area contributed by atoms with Crippen molar-refractivity contribution in [3.63, 3.8) is 0 Å². The summed E-state index contributed by atoms with van der Waals surface area (Å²) in [6, 6.07) is 20.8. The highest BCUT2D eigenvalue weighted by atomic mass is 16.1. The summed E-state index contributed by atoms with van der Waals surface area (Å²) in [4.78, 5) is 15.0. The standard InChI is InChI=1S/C21H22N2O/c24-21-12-18(17-9-5-2-6-10-17)11-20-19(21)14-23(15-22-20)13-16-7-3-1-4-8-16/h1-10,18,22H,11-15H2. The molecule has 122 valence electrons. The third kappa shape index (κ3) is 3.13. The van der Waals surface area contributed by atoms with Crippen LogP contribution in [0.1, 0.15) is 29.9 Å². The number of Topliss-reactive ketones (excluding diaryl/α,β-unsaturated/α-hetero) is 1. The summed E-state index contributed by atoms with van der Waals surface area (Å²) >= 11 is 0. The Morgan fingerprint density at radius 3 is 2.42 bits per heavy atom. The van der Waals surface area contributed by atoms with Gasteiger partial charge < -0.3 is 5.32 Å². The number of rotatable bonds is 3. The van der Waals surface area contributed by atoms with Crippen LogP contribution in [0, 0.1) is 0 Å². The highest BCUT2D eigenvalue weighted by Gasteiger charge is 2.31. The zero-order chi connectivity index (χ0) is 16.4. The average Bonchev–Trinajstić information content (AvgIpc) is 2.64. The van der Waals surface area contributed by atoms with Gasteiger partial charge in [0.2, 0.25) is 0 Å². The fourth-order valence-electron chi connectivity index (χ4n) is 3.72. The molecule has 1 N–H and O–H groups in total. The molecule has 2 aromatic rings. The van der Waals surface area contributed by atoms with Crippen LogP contribution in [0.25, 0.3) is 0 Å². The van der Waals surface area contributed by atoms with E-state index in [2.05, 4.69) is 58.7 Å². The SMILES string of the molecule is O=C1CC(c2ccccc2)CC2=C1CN(Cc1ccccc1)CN2. The molecule has 0 aromatic heterocycles. The van der Waals surface area contributed by atoms with Gasteiger partial charge in [-0.1, -0.05) is 60.7 Å². The summed E-state index contributed by atoms with van der Waals surface area (Å²) < 4.78 is 0. The third-order valence-corrected chi connectivity index (χ3v) is 5.00. The molecule has 3 nitrogen and oxygen atoms in total. The van der Waals surface area contributed by atoms with Gasteiger partial charge in [0.1, 0.15) is 0 Å². The molecule has 1 atom stereocenters. The number of carbonyl (C=O) groups is 1. The predicted molar refractivity (Wildman–Crippen MR) is 95.3 cm³/mol. The Balaban J connectivity index is 1.48. The molecule has 2 aromatic carbocycles. The highest BCUT2D eigenvalue weighted by molar-refractivity contribution is 5.98. The smallest absolute Gasteiger partial charge is 0.162 e. The molecule has 1 heterocycles. The Kier molecular flexibility index (Phi) is 4.18. The first-order valence-corrected chi connectivity index (χ1v) is 8.60. The lowest BCUT2D eigenvalue weighted by molar-refractivity contribution is -0.117. The molecule has 1 aliphatic carbocycles. The molecule has 2 aliphatic rings. The Morgan fingerprint density at radius 2 is 1.67 bits per heavy atom. The van der Waals surface area contributed by atoms with Gasteiger partial charge >= 0.3 is 0 Å². The van der Waals surface area contributed by atoms with E-state index in [1.807, 2.05) is 12.1 Å². The van der Waals surface area contributed by atoms with Crippen LogP contribution in [0.4, 0.5) is 0 Å². The van der Waals surface area contributed by atoms with E-state index in [1.165, 1.54) is 11.1 Å². The second-order valence-electron chi connectivity index (χ2n) is 6.70. The first kappa shape index (κ1) is 15.2. The lowest BCUT2D eigenvalue weighted by Crippen LogP contribution is -2.44. The number of hydrogen-bond acceptors (Lipinski definition) is 3. The Labute approximate surface area is 143 Å². The quantitative estimate of drug-likeness (QED) is 0.941. The summed E-state index contributed by atoms with van der Waals surface area (Å²) in [6.45, 7) is 2.44. The van der Waals surface area contributed by atoms with Gasteiger partial charge in [-0.05, 0) is 23.5 Å². The first-order chi connectivity index (χ1) is 11.8. The molecule has 0 radical (unpaired) electrons. The second-order valence-corrected chi connectivity index (χ2v) is 6.70. The number of nitrogens with zero attached hydrogens (tertiary/aromatic N) is 1. The van der Waals surface area contributed by atoms with E-state index < -0.39 is 0 Å². The topological polar surface area (TPSA) is 32.3 Å². The maximum atomic E-state index is 12.7. The minimum atomic E-state index is 0.301. The zero-order valence-corrected chi connectivity index (χ0v) is 13.7. The van der Waals surface area contributed by atoms with Crippen LogP contribution in [0.2, 0.25) is 0 Å². The van der Waals surface area contributed by atoms with Crippen molar-refractivity contribution < 1.29 is 4.79 Å². The second kappa shape index (κ2) is 6.62. The van der Waals surface area contributed by atoms with Crippen LogP contribution in [0.3, 0.4) is 0 Å². The zero-order valence-electron chi connectivity index (χ0n) is 13.7. The van der Waals surface area contributed by atoms with Gasteiger partial charge in [-0.25, -0.2) is 0 Å². The normalized spacial score (nSPS) is 21.3.